The molecule has 7 nitrogen and oxygen atoms in total. The van der Waals surface area contributed by atoms with Crippen molar-refractivity contribution in [2.45, 2.75) is 44.2 Å². The molecule has 0 atom stereocenters. The standard InChI is InChI=1S/C19H28N4O3S.HI/c1-19(2,3)23-27(24,25)17-10-6-5-8-15(17)14-22-18(20-4)21-12-11-16-9-7-13-26-16;/h5-10,13,23H,11-12,14H2,1-4H3,(H2,20,21,22);1H. The molecule has 0 amide bonds. The molecule has 0 radical (unpaired) electrons. The highest BCUT2D eigenvalue weighted by molar-refractivity contribution is 14.0. The maximum atomic E-state index is 12.7. The quantitative estimate of drug-likeness (QED) is 0.297. The highest BCUT2D eigenvalue weighted by Crippen LogP contribution is 2.17. The number of rotatable bonds is 7. The lowest BCUT2D eigenvalue weighted by atomic mass is 10.1. The number of nitrogens with zero attached hydrogens (tertiary/aromatic N) is 1. The molecule has 0 bridgehead atoms. The van der Waals surface area contributed by atoms with Crippen molar-refractivity contribution in [3.05, 3.63) is 54.0 Å². The topological polar surface area (TPSA) is 95.7 Å². The van der Waals surface area contributed by atoms with Crippen LogP contribution in [-0.2, 0) is 23.0 Å². The van der Waals surface area contributed by atoms with Crippen molar-refractivity contribution in [1.29, 1.82) is 0 Å². The SMILES string of the molecule is CN=C(NCCc1ccco1)NCc1ccccc1S(=O)(=O)NC(C)(C)C.I. The lowest BCUT2D eigenvalue weighted by Crippen LogP contribution is -2.41. The number of nitrogens with one attached hydrogen (secondary N) is 3. The van der Waals surface area contributed by atoms with E-state index in [2.05, 4.69) is 20.3 Å². The van der Waals surface area contributed by atoms with E-state index in [-0.39, 0.29) is 28.9 Å². The smallest absolute Gasteiger partial charge is 0.241 e. The third-order valence-electron chi connectivity index (χ3n) is 3.62. The molecule has 0 aliphatic carbocycles. The second-order valence-electron chi connectivity index (χ2n) is 7.15. The minimum atomic E-state index is -3.61. The molecule has 2 rings (SSSR count). The molecular formula is C19H29IN4O3S. The number of halogens is 1. The van der Waals surface area contributed by atoms with Crippen LogP contribution in [-0.4, -0.2) is 33.5 Å². The summed E-state index contributed by atoms with van der Waals surface area (Å²) in [4.78, 5) is 4.43. The molecule has 2 aromatic rings. The molecule has 1 aromatic carbocycles. The predicted octanol–water partition coefficient (Wildman–Crippen LogP) is 2.88. The second-order valence-corrected chi connectivity index (χ2v) is 8.80. The Balaban J connectivity index is 0.00000392. The summed E-state index contributed by atoms with van der Waals surface area (Å²) in [5.41, 5.74) is 0.117. The molecular weight excluding hydrogens is 491 g/mol. The van der Waals surface area contributed by atoms with Gasteiger partial charge in [0.2, 0.25) is 10.0 Å². The van der Waals surface area contributed by atoms with E-state index < -0.39 is 15.6 Å². The normalized spacial score (nSPS) is 12.4. The van der Waals surface area contributed by atoms with Crippen LogP contribution in [0.15, 0.2) is 57.0 Å². The summed E-state index contributed by atoms with van der Waals surface area (Å²) in [5.74, 6) is 1.49. The van der Waals surface area contributed by atoms with Crippen LogP contribution in [0.4, 0.5) is 0 Å². The van der Waals surface area contributed by atoms with E-state index in [0.717, 1.165) is 12.2 Å². The average molecular weight is 520 g/mol. The molecule has 9 heteroatoms. The monoisotopic (exact) mass is 520 g/mol. The summed E-state index contributed by atoms with van der Waals surface area (Å²) in [7, 11) is -1.94. The molecule has 0 fully saturated rings. The molecule has 0 saturated heterocycles. The molecule has 0 unspecified atom stereocenters. The second kappa shape index (κ2) is 10.8. The Morgan fingerprint density at radius 2 is 1.82 bits per heavy atom. The molecule has 28 heavy (non-hydrogen) atoms. The van der Waals surface area contributed by atoms with E-state index >= 15 is 0 Å². The molecule has 0 saturated carbocycles. The molecule has 1 aromatic heterocycles. The zero-order valence-electron chi connectivity index (χ0n) is 16.7. The van der Waals surface area contributed by atoms with Gasteiger partial charge in [0.15, 0.2) is 5.96 Å². The van der Waals surface area contributed by atoms with E-state index in [1.807, 2.05) is 39.0 Å². The maximum absolute atomic E-state index is 12.7. The third kappa shape index (κ3) is 7.80. The maximum Gasteiger partial charge on any atom is 0.241 e. The largest absolute Gasteiger partial charge is 0.469 e. The molecule has 156 valence electrons. The zero-order chi connectivity index (χ0) is 19.9. The van der Waals surface area contributed by atoms with Crippen molar-refractivity contribution in [3.8, 4) is 0 Å². The Morgan fingerprint density at radius 3 is 2.43 bits per heavy atom. The highest BCUT2D eigenvalue weighted by Gasteiger charge is 2.24. The van der Waals surface area contributed by atoms with E-state index in [4.69, 9.17) is 4.42 Å². The first kappa shape index (κ1) is 24.4. The fraction of sp³-hybridized carbons (Fsp3) is 0.421. The van der Waals surface area contributed by atoms with Gasteiger partial charge in [0.1, 0.15) is 5.76 Å². The van der Waals surface area contributed by atoms with Crippen molar-refractivity contribution in [3.63, 3.8) is 0 Å². The van der Waals surface area contributed by atoms with Crippen LogP contribution in [0.5, 0.6) is 0 Å². The van der Waals surface area contributed by atoms with E-state index in [0.29, 0.717) is 24.6 Å². The molecule has 1 heterocycles. The average Bonchev–Trinajstić information content (AvgIpc) is 3.09. The van der Waals surface area contributed by atoms with E-state index in [1.165, 1.54) is 0 Å². The minimum Gasteiger partial charge on any atom is -0.469 e. The number of hydrogen-bond acceptors (Lipinski definition) is 4. The predicted molar refractivity (Wildman–Crippen MR) is 123 cm³/mol. The summed E-state index contributed by atoms with van der Waals surface area (Å²) < 4.78 is 33.4. The van der Waals surface area contributed by atoms with E-state index in [1.54, 1.807) is 31.5 Å². The zero-order valence-corrected chi connectivity index (χ0v) is 19.8. The van der Waals surface area contributed by atoms with Gasteiger partial charge < -0.3 is 15.1 Å². The number of aliphatic imine (C=N–C) groups is 1. The Hall–Kier alpha value is -1.59. The molecule has 3 N–H and O–H groups in total. The van der Waals surface area contributed by atoms with Gasteiger partial charge in [0, 0.05) is 32.1 Å². The highest BCUT2D eigenvalue weighted by atomic mass is 127. The number of benzene rings is 1. The number of sulfonamides is 1. The third-order valence-corrected chi connectivity index (χ3v) is 5.47. The fourth-order valence-electron chi connectivity index (χ4n) is 2.53. The van der Waals surface area contributed by atoms with Crippen LogP contribution in [0.3, 0.4) is 0 Å². The van der Waals surface area contributed by atoms with Crippen LogP contribution >= 0.6 is 24.0 Å². The summed E-state index contributed by atoms with van der Waals surface area (Å²) in [5, 5.41) is 6.35. The minimum absolute atomic E-state index is 0. The Morgan fingerprint density at radius 1 is 1.11 bits per heavy atom. The summed E-state index contributed by atoms with van der Waals surface area (Å²) in [6.45, 7) is 6.43. The van der Waals surface area contributed by atoms with Crippen molar-refractivity contribution < 1.29 is 12.8 Å². The first-order valence-electron chi connectivity index (χ1n) is 8.80. The first-order valence-corrected chi connectivity index (χ1v) is 10.3. The Labute approximate surface area is 184 Å². The van der Waals surface area contributed by atoms with Gasteiger partial charge >= 0.3 is 0 Å². The molecule has 0 aliphatic rings. The van der Waals surface area contributed by atoms with Crippen LogP contribution in [0.2, 0.25) is 0 Å². The fourth-order valence-corrected chi connectivity index (χ4v) is 4.19. The summed E-state index contributed by atoms with van der Waals surface area (Å²) in [6, 6.07) is 10.7. The van der Waals surface area contributed by atoms with Crippen LogP contribution < -0.4 is 15.4 Å². The van der Waals surface area contributed by atoms with Gasteiger partial charge in [-0.3, -0.25) is 4.99 Å². The molecule has 0 aliphatic heterocycles. The van der Waals surface area contributed by atoms with Crippen molar-refractivity contribution in [2.24, 2.45) is 4.99 Å². The first-order chi connectivity index (χ1) is 12.7. The Bertz CT molecular complexity index is 860. The summed E-state index contributed by atoms with van der Waals surface area (Å²) in [6.07, 6.45) is 2.37. The number of hydrogen-bond donors (Lipinski definition) is 3. The van der Waals surface area contributed by atoms with Gasteiger partial charge in [-0.05, 0) is 44.5 Å². The van der Waals surface area contributed by atoms with Crippen molar-refractivity contribution in [2.75, 3.05) is 13.6 Å². The van der Waals surface area contributed by atoms with Crippen molar-refractivity contribution in [1.82, 2.24) is 15.4 Å². The Kier molecular flexibility index (Phi) is 9.45. The van der Waals surface area contributed by atoms with Crippen molar-refractivity contribution >= 4 is 40.0 Å². The lowest BCUT2D eigenvalue weighted by Gasteiger charge is -2.22. The van der Waals surface area contributed by atoms with Gasteiger partial charge in [0.05, 0.1) is 11.2 Å². The van der Waals surface area contributed by atoms with Gasteiger partial charge in [-0.15, -0.1) is 24.0 Å². The van der Waals surface area contributed by atoms with Gasteiger partial charge in [-0.25, -0.2) is 13.1 Å². The van der Waals surface area contributed by atoms with Crippen LogP contribution in [0.25, 0.3) is 0 Å². The molecule has 0 spiro atoms. The van der Waals surface area contributed by atoms with Crippen LogP contribution in [0, 0.1) is 0 Å². The van der Waals surface area contributed by atoms with Crippen LogP contribution in [0.1, 0.15) is 32.1 Å². The lowest BCUT2D eigenvalue weighted by molar-refractivity contribution is 0.490. The van der Waals surface area contributed by atoms with Gasteiger partial charge in [-0.2, -0.15) is 0 Å². The number of furan rings is 1. The summed E-state index contributed by atoms with van der Waals surface area (Å²) >= 11 is 0. The van der Waals surface area contributed by atoms with Gasteiger partial charge in [0.25, 0.3) is 0 Å². The number of guanidine groups is 1. The van der Waals surface area contributed by atoms with Gasteiger partial charge in [-0.1, -0.05) is 18.2 Å². The van der Waals surface area contributed by atoms with E-state index in [9.17, 15) is 8.42 Å².